The van der Waals surface area contributed by atoms with Crippen molar-refractivity contribution in [2.45, 2.75) is 47.0 Å². The van der Waals surface area contributed by atoms with Crippen molar-refractivity contribution in [2.75, 3.05) is 23.9 Å². The van der Waals surface area contributed by atoms with Gasteiger partial charge in [0.2, 0.25) is 0 Å². The molecule has 5 rings (SSSR count). The van der Waals surface area contributed by atoms with Crippen molar-refractivity contribution < 1.29 is 0 Å². The van der Waals surface area contributed by atoms with Crippen molar-refractivity contribution in [1.29, 1.82) is 0 Å². The largest absolute Gasteiger partial charge is 0.345 e. The molecule has 0 unspecified atom stereocenters. The van der Waals surface area contributed by atoms with E-state index in [0.29, 0.717) is 0 Å². The Hall–Kier alpha value is -2.68. The number of aryl methyl sites for hydroxylation is 1. The maximum absolute atomic E-state index is 2.45. The quantitative estimate of drug-likeness (QED) is 0.515. The summed E-state index contributed by atoms with van der Waals surface area (Å²) in [5.74, 6) is 0. The van der Waals surface area contributed by atoms with Gasteiger partial charge in [0, 0.05) is 36.8 Å². The summed E-state index contributed by atoms with van der Waals surface area (Å²) >= 11 is 0. The third-order valence-electron chi connectivity index (χ3n) is 7.15. The normalized spacial score (nSPS) is 14.5. The van der Waals surface area contributed by atoms with Crippen molar-refractivity contribution in [2.24, 2.45) is 0 Å². The molecule has 0 aromatic heterocycles. The van der Waals surface area contributed by atoms with E-state index < -0.39 is 0 Å². The monoisotopic (exact) mass is 394 g/mol. The number of rotatable bonds is 0. The molecule has 2 aliphatic heterocycles. The molecule has 0 saturated heterocycles. The fraction of sp³-hybridized carbons (Fsp3) is 0.333. The molecule has 2 nitrogen and oxygen atoms in total. The zero-order valence-corrected chi connectivity index (χ0v) is 19.5. The Morgan fingerprint density at radius 1 is 0.733 bits per heavy atom. The Morgan fingerprint density at radius 3 is 1.93 bits per heavy atom. The van der Waals surface area contributed by atoms with Crippen molar-refractivity contribution in [1.82, 2.24) is 0 Å². The van der Waals surface area contributed by atoms with Gasteiger partial charge in [-0.15, -0.1) is 0 Å². The Labute approximate surface area is 181 Å². The van der Waals surface area contributed by atoms with Gasteiger partial charge in [0.25, 0.3) is 6.71 Å². The molecule has 3 aromatic carbocycles. The van der Waals surface area contributed by atoms with Crippen LogP contribution in [0.1, 0.15) is 43.0 Å². The lowest BCUT2D eigenvalue weighted by atomic mass is 9.33. The molecule has 30 heavy (non-hydrogen) atoms. The minimum atomic E-state index is 0.0840. The molecule has 0 spiro atoms. The summed E-state index contributed by atoms with van der Waals surface area (Å²) in [5.41, 5.74) is 15.5. The zero-order chi connectivity index (χ0) is 21.5. The summed E-state index contributed by atoms with van der Waals surface area (Å²) in [4.78, 5) is 4.88. The molecule has 2 heterocycles. The predicted octanol–water partition coefficient (Wildman–Crippen LogP) is 4.59. The topological polar surface area (TPSA) is 6.48 Å². The highest BCUT2D eigenvalue weighted by Crippen LogP contribution is 2.44. The van der Waals surface area contributed by atoms with Crippen molar-refractivity contribution in [3.63, 3.8) is 0 Å². The second kappa shape index (κ2) is 6.17. The van der Waals surface area contributed by atoms with E-state index in [4.69, 9.17) is 0 Å². The highest BCUT2D eigenvalue weighted by molar-refractivity contribution is 7.00. The summed E-state index contributed by atoms with van der Waals surface area (Å²) < 4.78 is 0. The third kappa shape index (κ3) is 2.38. The summed E-state index contributed by atoms with van der Waals surface area (Å²) in [6, 6.07) is 15.9. The first-order valence-corrected chi connectivity index (χ1v) is 11.0. The molecule has 152 valence electrons. The van der Waals surface area contributed by atoms with Gasteiger partial charge in [0.05, 0.1) is 0 Å². The van der Waals surface area contributed by atoms with Crippen molar-refractivity contribution >= 4 is 45.9 Å². The van der Waals surface area contributed by atoms with E-state index in [0.717, 1.165) is 0 Å². The Bertz CT molecular complexity index is 1200. The number of para-hydroxylation sites is 1. The van der Waals surface area contributed by atoms with Crippen LogP contribution in [0.4, 0.5) is 22.7 Å². The van der Waals surface area contributed by atoms with Gasteiger partial charge in [0.1, 0.15) is 0 Å². The van der Waals surface area contributed by atoms with Gasteiger partial charge in [0.15, 0.2) is 0 Å². The lowest BCUT2D eigenvalue weighted by molar-refractivity contribution is 0.582. The summed E-state index contributed by atoms with van der Waals surface area (Å²) in [6.45, 7) is 14.2. The predicted molar refractivity (Wildman–Crippen MR) is 133 cm³/mol. The first kappa shape index (κ1) is 19.3. The molecule has 3 heteroatoms. The molecular formula is C27H31BN2. The van der Waals surface area contributed by atoms with E-state index in [1.54, 1.807) is 0 Å². The van der Waals surface area contributed by atoms with Crippen LogP contribution >= 0.6 is 0 Å². The summed E-state index contributed by atoms with van der Waals surface area (Å²) in [7, 11) is 4.49. The summed E-state index contributed by atoms with van der Waals surface area (Å²) in [6.07, 6.45) is 0. The van der Waals surface area contributed by atoms with Gasteiger partial charge in [-0.1, -0.05) is 51.1 Å². The lowest BCUT2D eigenvalue weighted by Gasteiger charge is -2.45. The van der Waals surface area contributed by atoms with E-state index in [-0.39, 0.29) is 12.1 Å². The SMILES string of the molecule is Cc1ccc2c(c1)N(C)c1c(C)c(C(C)(C)C)c(C)c3c1B2c1ccccc1N3C. The molecule has 2 aliphatic rings. The smallest absolute Gasteiger partial charge is 0.252 e. The van der Waals surface area contributed by atoms with Crippen molar-refractivity contribution in [3.8, 4) is 0 Å². The molecular weight excluding hydrogens is 363 g/mol. The van der Waals surface area contributed by atoms with E-state index in [1.807, 2.05) is 0 Å². The summed E-state index contributed by atoms with van der Waals surface area (Å²) in [5, 5.41) is 0. The van der Waals surface area contributed by atoms with Gasteiger partial charge >= 0.3 is 0 Å². The molecule has 0 atom stereocenters. The Balaban J connectivity index is 1.98. The Morgan fingerprint density at radius 2 is 1.30 bits per heavy atom. The van der Waals surface area contributed by atoms with E-state index in [2.05, 4.69) is 108 Å². The number of nitrogens with zero attached hydrogens (tertiary/aromatic N) is 2. The first-order valence-electron chi connectivity index (χ1n) is 11.0. The van der Waals surface area contributed by atoms with Gasteiger partial charge in [-0.25, -0.2) is 0 Å². The van der Waals surface area contributed by atoms with E-state index in [1.165, 1.54) is 61.4 Å². The van der Waals surface area contributed by atoms with Crippen LogP contribution in [0, 0.1) is 20.8 Å². The maximum Gasteiger partial charge on any atom is 0.252 e. The molecule has 3 aromatic rings. The van der Waals surface area contributed by atoms with Crippen LogP contribution in [-0.2, 0) is 5.41 Å². The lowest BCUT2D eigenvalue weighted by Crippen LogP contribution is -2.62. The minimum Gasteiger partial charge on any atom is -0.345 e. The zero-order valence-electron chi connectivity index (χ0n) is 19.5. The molecule has 0 bridgehead atoms. The van der Waals surface area contributed by atoms with Crippen LogP contribution in [0.3, 0.4) is 0 Å². The first-order chi connectivity index (χ1) is 14.1. The fourth-order valence-electron chi connectivity index (χ4n) is 6.24. The van der Waals surface area contributed by atoms with E-state index >= 15 is 0 Å². The van der Waals surface area contributed by atoms with Crippen molar-refractivity contribution in [3.05, 3.63) is 64.7 Å². The van der Waals surface area contributed by atoms with Crippen LogP contribution in [0.2, 0.25) is 0 Å². The average Bonchev–Trinajstić information content (AvgIpc) is 2.67. The number of hydrogen-bond acceptors (Lipinski definition) is 2. The number of fused-ring (bicyclic) bond motifs is 4. The highest BCUT2D eigenvalue weighted by Gasteiger charge is 2.43. The molecule has 0 N–H and O–H groups in total. The van der Waals surface area contributed by atoms with Gasteiger partial charge in [-0.05, 0) is 77.0 Å². The number of anilines is 4. The van der Waals surface area contributed by atoms with Crippen LogP contribution in [0.15, 0.2) is 42.5 Å². The molecule has 0 radical (unpaired) electrons. The van der Waals surface area contributed by atoms with Crippen LogP contribution in [0.5, 0.6) is 0 Å². The third-order valence-corrected chi connectivity index (χ3v) is 7.15. The number of hydrogen-bond donors (Lipinski definition) is 0. The average molecular weight is 394 g/mol. The molecule has 0 aliphatic carbocycles. The fourth-order valence-corrected chi connectivity index (χ4v) is 6.24. The van der Waals surface area contributed by atoms with Crippen LogP contribution in [0.25, 0.3) is 0 Å². The van der Waals surface area contributed by atoms with Gasteiger partial charge in [-0.2, -0.15) is 0 Å². The molecule has 0 amide bonds. The van der Waals surface area contributed by atoms with E-state index in [9.17, 15) is 0 Å². The Kier molecular flexibility index (Phi) is 3.97. The molecule has 0 saturated carbocycles. The number of benzene rings is 3. The second-order valence-electron chi connectivity index (χ2n) is 10.2. The maximum atomic E-state index is 2.45. The van der Waals surface area contributed by atoms with Gasteiger partial charge < -0.3 is 9.80 Å². The van der Waals surface area contributed by atoms with Gasteiger partial charge in [-0.3, -0.25) is 0 Å². The van der Waals surface area contributed by atoms with Crippen LogP contribution < -0.4 is 26.2 Å². The van der Waals surface area contributed by atoms with Crippen LogP contribution in [-0.4, -0.2) is 20.8 Å². The standard InChI is InChI=1S/C27H31BN2/c1-16-13-14-20-22(15-16)30(8)26-18(3)23(27(4,5)6)17(2)25-24(26)28(20)19-11-9-10-12-21(19)29(25)7/h9-15H,1-8H3. The minimum absolute atomic E-state index is 0.0840. The second-order valence-corrected chi connectivity index (χ2v) is 10.2. The molecule has 0 fully saturated rings. The highest BCUT2D eigenvalue weighted by atomic mass is 15.2.